The van der Waals surface area contributed by atoms with E-state index in [4.69, 9.17) is 14.7 Å². The fraction of sp³-hybridized carbons (Fsp3) is 0.500. The number of nitrogens with zero attached hydrogens (tertiary/aromatic N) is 3. The van der Waals surface area contributed by atoms with Gasteiger partial charge in [-0.25, -0.2) is 9.97 Å². The molecule has 0 bridgehead atoms. The maximum atomic E-state index is 5.73. The molecule has 0 aromatic carbocycles. The number of ether oxygens (including phenoxy) is 1. The van der Waals surface area contributed by atoms with Crippen molar-refractivity contribution in [1.82, 2.24) is 14.5 Å². The minimum Gasteiger partial charge on any atom is -0.380 e. The van der Waals surface area contributed by atoms with E-state index in [0.717, 1.165) is 53.5 Å². The van der Waals surface area contributed by atoms with E-state index < -0.39 is 0 Å². The van der Waals surface area contributed by atoms with Crippen LogP contribution < -0.4 is 5.32 Å². The van der Waals surface area contributed by atoms with Gasteiger partial charge in [-0.15, -0.1) is 0 Å². The normalized spacial score (nSPS) is 12.7. The van der Waals surface area contributed by atoms with Crippen LogP contribution in [0.3, 0.4) is 0 Å². The van der Waals surface area contributed by atoms with Gasteiger partial charge in [-0.2, -0.15) is 0 Å². The molecule has 0 radical (unpaired) electrons. The second kappa shape index (κ2) is 8.95. The molecule has 3 aromatic heterocycles. The van der Waals surface area contributed by atoms with E-state index in [1.54, 1.807) is 0 Å². The van der Waals surface area contributed by atoms with Gasteiger partial charge in [0.25, 0.3) is 0 Å². The third-order valence-corrected chi connectivity index (χ3v) is 5.56. The molecule has 3 heterocycles. The smallest absolute Gasteiger partial charge is 0.135 e. The van der Waals surface area contributed by atoms with E-state index in [1.807, 2.05) is 14.0 Å². The van der Waals surface area contributed by atoms with Gasteiger partial charge < -0.3 is 14.6 Å². The maximum Gasteiger partial charge on any atom is 0.135 e. The number of hydrogen-bond donors (Lipinski definition) is 1. The lowest BCUT2D eigenvalue weighted by Gasteiger charge is -2.19. The SMILES string of the molecule is CCOCC(CC)n1cc(C)c2nc(-c3ccc(C(C)C)nc3NC)c(C)cc21. The van der Waals surface area contributed by atoms with Gasteiger partial charge in [0.05, 0.1) is 29.4 Å². The standard InChI is InChI=1S/C24H34N4O/c1-8-18(14-29-9-2)28-13-17(6)23-21(28)12-16(5)22(27-23)19-10-11-20(15(3)4)26-24(19)25-7/h10-13,15,18H,8-9,14H2,1-7H3,(H,25,26). The van der Waals surface area contributed by atoms with Gasteiger partial charge in [-0.1, -0.05) is 20.8 Å². The Balaban J connectivity index is 2.13. The molecule has 0 aliphatic carbocycles. The maximum absolute atomic E-state index is 5.73. The summed E-state index contributed by atoms with van der Waals surface area (Å²) in [5.74, 6) is 1.27. The molecule has 156 valence electrons. The Morgan fingerprint density at radius 1 is 1.10 bits per heavy atom. The van der Waals surface area contributed by atoms with Gasteiger partial charge in [0, 0.05) is 31.1 Å². The van der Waals surface area contributed by atoms with Crippen LogP contribution in [0.4, 0.5) is 5.82 Å². The van der Waals surface area contributed by atoms with Gasteiger partial charge in [0.15, 0.2) is 0 Å². The second-order valence-corrected chi connectivity index (χ2v) is 8.00. The van der Waals surface area contributed by atoms with Crippen LogP contribution >= 0.6 is 0 Å². The van der Waals surface area contributed by atoms with Gasteiger partial charge in [-0.05, 0) is 62.4 Å². The molecule has 0 fully saturated rings. The number of rotatable bonds is 8. The second-order valence-electron chi connectivity index (χ2n) is 8.00. The highest BCUT2D eigenvalue weighted by Gasteiger charge is 2.19. The van der Waals surface area contributed by atoms with Gasteiger partial charge in [0.1, 0.15) is 5.82 Å². The first-order chi connectivity index (χ1) is 13.9. The minimum atomic E-state index is 0.318. The Morgan fingerprint density at radius 3 is 2.48 bits per heavy atom. The van der Waals surface area contributed by atoms with Gasteiger partial charge >= 0.3 is 0 Å². The van der Waals surface area contributed by atoms with Crippen molar-refractivity contribution in [2.45, 2.75) is 59.9 Å². The summed E-state index contributed by atoms with van der Waals surface area (Å²) in [7, 11) is 1.92. The number of fused-ring (bicyclic) bond motifs is 1. The van der Waals surface area contributed by atoms with Crippen LogP contribution in [0.2, 0.25) is 0 Å². The predicted octanol–water partition coefficient (Wildman–Crippen LogP) is 5.87. The Kier molecular flexibility index (Phi) is 6.58. The van der Waals surface area contributed by atoms with Crippen molar-refractivity contribution >= 4 is 16.9 Å². The molecule has 0 amide bonds. The van der Waals surface area contributed by atoms with Crippen molar-refractivity contribution in [2.24, 2.45) is 0 Å². The zero-order chi connectivity index (χ0) is 21.1. The molecule has 0 aliphatic rings. The summed E-state index contributed by atoms with van der Waals surface area (Å²) in [6, 6.07) is 6.83. The highest BCUT2D eigenvalue weighted by Crippen LogP contribution is 2.33. The van der Waals surface area contributed by atoms with Crippen molar-refractivity contribution in [3.05, 3.63) is 41.2 Å². The molecular weight excluding hydrogens is 360 g/mol. The molecule has 3 rings (SSSR count). The zero-order valence-electron chi connectivity index (χ0n) is 18.8. The molecule has 1 atom stereocenters. The average molecular weight is 395 g/mol. The molecule has 5 heteroatoms. The molecule has 1 unspecified atom stereocenters. The lowest BCUT2D eigenvalue weighted by atomic mass is 10.0. The van der Waals surface area contributed by atoms with E-state index >= 15 is 0 Å². The fourth-order valence-corrected chi connectivity index (χ4v) is 3.83. The number of hydrogen-bond acceptors (Lipinski definition) is 4. The lowest BCUT2D eigenvalue weighted by Crippen LogP contribution is -2.14. The quantitative estimate of drug-likeness (QED) is 0.519. The van der Waals surface area contributed by atoms with Crippen LogP contribution in [0.1, 0.15) is 62.9 Å². The molecular formula is C24H34N4O. The van der Waals surface area contributed by atoms with E-state index in [-0.39, 0.29) is 0 Å². The molecule has 0 aliphatic heterocycles. The summed E-state index contributed by atoms with van der Waals surface area (Å²) in [4.78, 5) is 9.92. The summed E-state index contributed by atoms with van der Waals surface area (Å²) in [6.45, 7) is 14.3. The Morgan fingerprint density at radius 2 is 1.86 bits per heavy atom. The molecule has 29 heavy (non-hydrogen) atoms. The summed E-state index contributed by atoms with van der Waals surface area (Å²) >= 11 is 0. The summed E-state index contributed by atoms with van der Waals surface area (Å²) < 4.78 is 8.06. The molecule has 0 spiro atoms. The van der Waals surface area contributed by atoms with Crippen LogP contribution in [0.5, 0.6) is 0 Å². The molecule has 0 saturated carbocycles. The van der Waals surface area contributed by atoms with Crippen LogP contribution in [0, 0.1) is 13.8 Å². The first kappa shape index (κ1) is 21.3. The van der Waals surface area contributed by atoms with Crippen LogP contribution in [-0.2, 0) is 4.74 Å². The van der Waals surface area contributed by atoms with Gasteiger partial charge in [-0.3, -0.25) is 0 Å². The minimum absolute atomic E-state index is 0.318. The number of anilines is 1. The molecule has 5 nitrogen and oxygen atoms in total. The van der Waals surface area contributed by atoms with E-state index in [9.17, 15) is 0 Å². The predicted molar refractivity (Wildman–Crippen MR) is 122 cm³/mol. The van der Waals surface area contributed by atoms with Crippen LogP contribution in [0.15, 0.2) is 24.4 Å². The van der Waals surface area contributed by atoms with Gasteiger partial charge in [0.2, 0.25) is 0 Å². The first-order valence-corrected chi connectivity index (χ1v) is 10.7. The first-order valence-electron chi connectivity index (χ1n) is 10.7. The number of pyridine rings is 2. The van der Waals surface area contributed by atoms with E-state index in [2.05, 4.69) is 68.9 Å². The summed E-state index contributed by atoms with van der Waals surface area (Å²) in [6.07, 6.45) is 3.24. The Bertz CT molecular complexity index is 990. The third kappa shape index (κ3) is 4.15. The Hall–Kier alpha value is -2.40. The number of aryl methyl sites for hydroxylation is 2. The average Bonchev–Trinajstić information content (AvgIpc) is 3.03. The molecule has 1 N–H and O–H groups in total. The topological polar surface area (TPSA) is 52.0 Å². The van der Waals surface area contributed by atoms with Crippen molar-refractivity contribution in [1.29, 1.82) is 0 Å². The third-order valence-electron chi connectivity index (χ3n) is 5.56. The van der Waals surface area contributed by atoms with Crippen molar-refractivity contribution in [2.75, 3.05) is 25.6 Å². The largest absolute Gasteiger partial charge is 0.380 e. The summed E-state index contributed by atoms with van der Waals surface area (Å²) in [5.41, 5.74) is 7.69. The van der Waals surface area contributed by atoms with Crippen molar-refractivity contribution in [3.63, 3.8) is 0 Å². The van der Waals surface area contributed by atoms with Crippen LogP contribution in [-0.4, -0.2) is 34.8 Å². The van der Waals surface area contributed by atoms with Crippen molar-refractivity contribution in [3.8, 4) is 11.3 Å². The van der Waals surface area contributed by atoms with Crippen molar-refractivity contribution < 1.29 is 4.74 Å². The highest BCUT2D eigenvalue weighted by atomic mass is 16.5. The number of nitrogens with one attached hydrogen (secondary N) is 1. The van der Waals surface area contributed by atoms with E-state index in [1.165, 1.54) is 11.1 Å². The monoisotopic (exact) mass is 394 g/mol. The zero-order valence-corrected chi connectivity index (χ0v) is 18.8. The lowest BCUT2D eigenvalue weighted by molar-refractivity contribution is 0.113. The summed E-state index contributed by atoms with van der Waals surface area (Å²) in [5, 5.41) is 3.26. The molecule has 0 saturated heterocycles. The molecule has 3 aromatic rings. The Labute approximate surface area is 174 Å². The fourth-order valence-electron chi connectivity index (χ4n) is 3.83. The van der Waals surface area contributed by atoms with Crippen LogP contribution in [0.25, 0.3) is 22.3 Å². The number of aromatic nitrogens is 3. The highest BCUT2D eigenvalue weighted by molar-refractivity contribution is 5.86. The van der Waals surface area contributed by atoms with E-state index in [0.29, 0.717) is 12.0 Å².